The van der Waals surface area contributed by atoms with Crippen molar-refractivity contribution in [3.05, 3.63) is 42.6 Å². The van der Waals surface area contributed by atoms with Crippen molar-refractivity contribution in [2.45, 2.75) is 32.2 Å². The van der Waals surface area contributed by atoms with Gasteiger partial charge in [0.25, 0.3) is 0 Å². The number of benzene rings is 1. The lowest BCUT2D eigenvalue weighted by molar-refractivity contribution is -0.141. The van der Waals surface area contributed by atoms with Gasteiger partial charge in [-0.1, -0.05) is 0 Å². The monoisotopic (exact) mass is 352 g/mol. The Hall–Kier alpha value is -2.68. The molecular formula is C16H15F3N4O2. The maximum absolute atomic E-state index is 12.5. The summed E-state index contributed by atoms with van der Waals surface area (Å²) in [7, 11) is 0. The number of imidazole rings is 1. The van der Waals surface area contributed by atoms with E-state index in [0.29, 0.717) is 24.0 Å². The van der Waals surface area contributed by atoms with Gasteiger partial charge in [-0.3, -0.25) is 0 Å². The van der Waals surface area contributed by atoms with Crippen LogP contribution in [0.2, 0.25) is 0 Å². The van der Waals surface area contributed by atoms with Gasteiger partial charge >= 0.3 is 6.18 Å². The second-order valence-electron chi connectivity index (χ2n) is 6.18. The molecule has 132 valence electrons. The lowest BCUT2D eigenvalue weighted by Crippen LogP contribution is -2.25. The lowest BCUT2D eigenvalue weighted by atomic mass is 10.1. The highest BCUT2D eigenvalue weighted by Gasteiger charge is 2.32. The Kier molecular flexibility index (Phi) is 4.11. The topological polar surface area (TPSA) is 73.1 Å². The maximum Gasteiger partial charge on any atom is 0.434 e. The van der Waals surface area contributed by atoms with Crippen molar-refractivity contribution in [1.29, 1.82) is 0 Å². The third kappa shape index (κ3) is 4.05. The van der Waals surface area contributed by atoms with E-state index in [9.17, 15) is 18.3 Å². The predicted molar refractivity (Wildman–Crippen MR) is 83.1 cm³/mol. The number of hydrogen-bond donors (Lipinski definition) is 1. The quantitative estimate of drug-likeness (QED) is 0.779. The predicted octanol–water partition coefficient (Wildman–Crippen LogP) is 3.41. The number of nitrogens with zero attached hydrogens (tertiary/aromatic N) is 4. The van der Waals surface area contributed by atoms with Crippen LogP contribution in [-0.4, -0.2) is 30.2 Å². The lowest BCUT2D eigenvalue weighted by Gasteiger charge is -2.18. The molecule has 0 atom stereocenters. The van der Waals surface area contributed by atoms with E-state index in [4.69, 9.17) is 4.74 Å². The molecular weight excluding hydrogens is 337 g/mol. The van der Waals surface area contributed by atoms with Crippen LogP contribution in [0.1, 0.15) is 19.5 Å². The molecule has 1 N–H and O–H groups in total. The summed E-state index contributed by atoms with van der Waals surface area (Å²) in [5.74, 6) is 0.318. The molecule has 0 spiro atoms. The van der Waals surface area contributed by atoms with Gasteiger partial charge in [0.05, 0.1) is 41.9 Å². The normalized spacial score (nSPS) is 12.6. The van der Waals surface area contributed by atoms with E-state index in [1.807, 2.05) is 0 Å². The number of rotatable bonds is 4. The fourth-order valence-electron chi connectivity index (χ4n) is 2.29. The van der Waals surface area contributed by atoms with Crippen LogP contribution in [-0.2, 0) is 12.7 Å². The molecule has 25 heavy (non-hydrogen) atoms. The van der Waals surface area contributed by atoms with Crippen LogP contribution in [0, 0.1) is 0 Å². The summed E-state index contributed by atoms with van der Waals surface area (Å²) >= 11 is 0. The van der Waals surface area contributed by atoms with Crippen molar-refractivity contribution in [2.75, 3.05) is 0 Å². The molecule has 0 saturated heterocycles. The molecule has 0 aliphatic heterocycles. The molecule has 3 rings (SSSR count). The highest BCUT2D eigenvalue weighted by molar-refractivity contribution is 5.77. The standard InChI is InChI=1S/C16H15F3N4O2/c1-15(2,24)8-23-9-22-11-5-10(3-4-12(11)23)25-14-7-20-13(6-21-14)16(17,18)19/h3-7,9,24H,8H2,1-2H3. The summed E-state index contributed by atoms with van der Waals surface area (Å²) in [6.45, 7) is 3.76. The highest BCUT2D eigenvalue weighted by atomic mass is 19.4. The molecule has 3 aromatic rings. The minimum atomic E-state index is -4.54. The van der Waals surface area contributed by atoms with Crippen molar-refractivity contribution < 1.29 is 23.0 Å². The van der Waals surface area contributed by atoms with Gasteiger partial charge in [-0.25, -0.2) is 15.0 Å². The molecule has 0 fully saturated rings. The smallest absolute Gasteiger partial charge is 0.434 e. The summed E-state index contributed by atoms with van der Waals surface area (Å²) < 4.78 is 44.6. The van der Waals surface area contributed by atoms with E-state index in [1.54, 1.807) is 42.9 Å². The Bertz CT molecular complexity index is 883. The number of aliphatic hydroxyl groups is 1. The second-order valence-corrected chi connectivity index (χ2v) is 6.18. The van der Waals surface area contributed by atoms with E-state index in [0.717, 1.165) is 11.7 Å². The van der Waals surface area contributed by atoms with Crippen LogP contribution in [0.3, 0.4) is 0 Å². The summed E-state index contributed by atoms with van der Waals surface area (Å²) in [6.07, 6.45) is -1.41. The first kappa shape index (κ1) is 17.2. The van der Waals surface area contributed by atoms with E-state index in [2.05, 4.69) is 15.0 Å². The van der Waals surface area contributed by atoms with Gasteiger partial charge in [0.1, 0.15) is 5.75 Å². The number of fused-ring (bicyclic) bond motifs is 1. The van der Waals surface area contributed by atoms with Crippen molar-refractivity contribution >= 4 is 11.0 Å². The van der Waals surface area contributed by atoms with Gasteiger partial charge < -0.3 is 14.4 Å². The molecule has 0 aliphatic carbocycles. The van der Waals surface area contributed by atoms with Crippen molar-refractivity contribution in [2.24, 2.45) is 0 Å². The fourth-order valence-corrected chi connectivity index (χ4v) is 2.29. The summed E-state index contributed by atoms with van der Waals surface area (Å²) in [6, 6.07) is 5.03. The Labute approximate surface area is 140 Å². The van der Waals surface area contributed by atoms with Crippen LogP contribution in [0.15, 0.2) is 36.9 Å². The molecule has 0 unspecified atom stereocenters. The average molecular weight is 352 g/mol. The molecule has 1 aromatic carbocycles. The SMILES string of the molecule is CC(C)(O)Cn1cnc2cc(Oc3cnc(C(F)(F)F)cn3)ccc21. The molecule has 0 saturated carbocycles. The number of alkyl halides is 3. The summed E-state index contributed by atoms with van der Waals surface area (Å²) in [5, 5.41) is 9.91. The van der Waals surface area contributed by atoms with E-state index in [1.165, 1.54) is 0 Å². The third-order valence-electron chi connectivity index (χ3n) is 3.29. The first-order valence-electron chi connectivity index (χ1n) is 7.36. The third-order valence-corrected chi connectivity index (χ3v) is 3.29. The Morgan fingerprint density at radius 2 is 1.88 bits per heavy atom. The van der Waals surface area contributed by atoms with Gasteiger partial charge in [0.15, 0.2) is 5.69 Å². The molecule has 0 aliphatic rings. The number of halogens is 3. The van der Waals surface area contributed by atoms with Gasteiger partial charge in [0, 0.05) is 6.07 Å². The molecule has 0 amide bonds. The largest absolute Gasteiger partial charge is 0.437 e. The Morgan fingerprint density at radius 1 is 1.12 bits per heavy atom. The molecule has 6 nitrogen and oxygen atoms in total. The minimum Gasteiger partial charge on any atom is -0.437 e. The summed E-state index contributed by atoms with van der Waals surface area (Å²) in [4.78, 5) is 11.1. The van der Waals surface area contributed by atoms with Crippen LogP contribution in [0.4, 0.5) is 13.2 Å². The first-order valence-corrected chi connectivity index (χ1v) is 7.36. The Balaban J connectivity index is 1.81. The highest BCUT2D eigenvalue weighted by Crippen LogP contribution is 2.28. The van der Waals surface area contributed by atoms with Gasteiger partial charge in [0.2, 0.25) is 5.88 Å². The average Bonchev–Trinajstić information content (AvgIpc) is 2.87. The number of hydrogen-bond acceptors (Lipinski definition) is 5. The zero-order chi connectivity index (χ0) is 18.2. The molecule has 0 radical (unpaired) electrons. The van der Waals surface area contributed by atoms with Crippen molar-refractivity contribution in [3.63, 3.8) is 0 Å². The van der Waals surface area contributed by atoms with Gasteiger partial charge in [-0.05, 0) is 26.0 Å². The zero-order valence-corrected chi connectivity index (χ0v) is 13.4. The van der Waals surface area contributed by atoms with Crippen molar-refractivity contribution in [3.8, 4) is 11.6 Å². The molecule has 2 aromatic heterocycles. The van der Waals surface area contributed by atoms with Crippen LogP contribution in [0.5, 0.6) is 11.6 Å². The van der Waals surface area contributed by atoms with Crippen LogP contribution in [0.25, 0.3) is 11.0 Å². The van der Waals surface area contributed by atoms with Crippen LogP contribution >= 0.6 is 0 Å². The molecule has 2 heterocycles. The summed E-state index contributed by atoms with van der Waals surface area (Å²) in [5.41, 5.74) is -0.547. The number of aromatic nitrogens is 4. The van der Waals surface area contributed by atoms with Crippen LogP contribution < -0.4 is 4.74 Å². The molecule has 0 bridgehead atoms. The van der Waals surface area contributed by atoms with Crippen molar-refractivity contribution in [1.82, 2.24) is 19.5 Å². The molecule has 9 heteroatoms. The minimum absolute atomic E-state index is 0.0525. The fraction of sp³-hybridized carbons (Fsp3) is 0.312. The number of ether oxygens (including phenoxy) is 1. The van der Waals surface area contributed by atoms with E-state index >= 15 is 0 Å². The Morgan fingerprint density at radius 3 is 2.48 bits per heavy atom. The van der Waals surface area contributed by atoms with Gasteiger partial charge in [-0.2, -0.15) is 13.2 Å². The van der Waals surface area contributed by atoms with E-state index in [-0.39, 0.29) is 5.88 Å². The van der Waals surface area contributed by atoms with E-state index < -0.39 is 17.5 Å². The van der Waals surface area contributed by atoms with Gasteiger partial charge in [-0.15, -0.1) is 0 Å². The zero-order valence-electron chi connectivity index (χ0n) is 13.4. The second kappa shape index (κ2) is 5.99. The maximum atomic E-state index is 12.5. The first-order chi connectivity index (χ1) is 11.6.